The predicted molar refractivity (Wildman–Crippen MR) is 38.5 cm³/mol. The van der Waals surface area contributed by atoms with Crippen LogP contribution in [0.5, 0.6) is 0 Å². The third-order valence-corrected chi connectivity index (χ3v) is 0.990. The van der Waals surface area contributed by atoms with Gasteiger partial charge >= 0.3 is 58.4 Å². The van der Waals surface area contributed by atoms with E-state index in [4.69, 9.17) is 0 Å². The number of nitrogens with zero attached hydrogens (tertiary/aromatic N) is 1. The number of likely N-dealkylation sites (N-methyl/N-ethyl adjacent to an activating group) is 1. The largest absolute Gasteiger partial charge is 1.00 e. The van der Waals surface area contributed by atoms with Gasteiger partial charge in [-0.2, -0.15) is 0 Å². The summed E-state index contributed by atoms with van der Waals surface area (Å²) in [7, 11) is 3.56. The topological polar surface area (TPSA) is 12.5 Å². The van der Waals surface area contributed by atoms with Crippen molar-refractivity contribution in [3.8, 4) is 0 Å². The Kier molecular flexibility index (Phi) is 10.3. The predicted octanol–water partition coefficient (Wildman–Crippen LogP) is -2.04. The van der Waals surface area contributed by atoms with Gasteiger partial charge in [-0.25, -0.2) is 0 Å². The van der Waals surface area contributed by atoms with Crippen molar-refractivity contribution in [2.45, 2.75) is 0 Å². The monoisotopic (exact) mass is 209 g/mol. The van der Waals surface area contributed by atoms with Crippen molar-refractivity contribution < 1.29 is 69.1 Å². The van der Waals surface area contributed by atoms with Crippen molar-refractivity contribution in [1.29, 1.82) is 0 Å². The van der Waals surface area contributed by atoms with Crippen LogP contribution in [0.25, 0.3) is 0 Å². The van der Waals surface area contributed by atoms with Gasteiger partial charge in [-0.05, 0) is 14.1 Å². The van der Waals surface area contributed by atoms with Crippen molar-refractivity contribution in [2.24, 2.45) is 0 Å². The maximum absolute atomic E-state index is 11.5. The zero-order chi connectivity index (χ0) is 8.91. The minimum atomic E-state index is -4.77. The molecule has 0 aliphatic carbocycles. The standard InChI is InChI=1S/C5H12BF3NO.K/c1-10(2)3-4-11-5-6(7,8)9;/h3-5H2,1-2H3;/q-1;+1. The molecule has 0 atom stereocenters. The van der Waals surface area contributed by atoms with Gasteiger partial charge in [-0.3, -0.25) is 0 Å². The van der Waals surface area contributed by atoms with Crippen LogP contribution in [0.4, 0.5) is 12.9 Å². The Balaban J connectivity index is 0. The van der Waals surface area contributed by atoms with E-state index in [1.807, 2.05) is 0 Å². The van der Waals surface area contributed by atoms with Crippen LogP contribution in [0.1, 0.15) is 0 Å². The second-order valence-electron chi connectivity index (χ2n) is 2.59. The van der Waals surface area contributed by atoms with E-state index in [1.54, 1.807) is 19.0 Å². The van der Waals surface area contributed by atoms with Crippen LogP contribution in [-0.2, 0) is 4.74 Å². The van der Waals surface area contributed by atoms with Crippen LogP contribution >= 0.6 is 0 Å². The zero-order valence-electron chi connectivity index (χ0n) is 7.69. The number of hydrogen-bond donors (Lipinski definition) is 0. The van der Waals surface area contributed by atoms with Crippen molar-refractivity contribution in [1.82, 2.24) is 4.90 Å². The van der Waals surface area contributed by atoms with E-state index in [9.17, 15) is 12.9 Å². The van der Waals surface area contributed by atoms with Gasteiger partial charge < -0.3 is 22.6 Å². The Bertz CT molecular complexity index is 111. The fourth-order valence-electron chi connectivity index (χ4n) is 0.464. The molecule has 2 nitrogen and oxygen atoms in total. The summed E-state index contributed by atoms with van der Waals surface area (Å²) in [5.74, 6) is 0. The smallest absolute Gasteiger partial charge is 0.447 e. The molecule has 0 aliphatic heterocycles. The van der Waals surface area contributed by atoms with Crippen molar-refractivity contribution in [2.75, 3.05) is 33.8 Å². The SMILES string of the molecule is CN(C)CCOC[B-](F)(F)F.[K+]. The molecule has 0 amide bonds. The molecule has 0 spiro atoms. The summed E-state index contributed by atoms with van der Waals surface area (Å²) < 4.78 is 38.9. The molecule has 0 saturated heterocycles. The van der Waals surface area contributed by atoms with Gasteiger partial charge in [-0.1, -0.05) is 0 Å². The molecule has 0 N–H and O–H groups in total. The maximum atomic E-state index is 11.5. The van der Waals surface area contributed by atoms with Gasteiger partial charge in [0.2, 0.25) is 0 Å². The minimum absolute atomic E-state index is 0. The molecule has 0 unspecified atom stereocenters. The summed E-state index contributed by atoms with van der Waals surface area (Å²) in [6, 6.07) is 0. The average molecular weight is 209 g/mol. The second-order valence-corrected chi connectivity index (χ2v) is 2.59. The van der Waals surface area contributed by atoms with E-state index < -0.39 is 13.5 Å². The normalized spacial score (nSPS) is 11.5. The second kappa shape index (κ2) is 7.78. The van der Waals surface area contributed by atoms with Crippen LogP contribution in [-0.4, -0.2) is 45.6 Å². The Hall–Kier alpha value is 1.41. The summed E-state index contributed by atoms with van der Waals surface area (Å²) in [6.07, 6.45) is 0. The van der Waals surface area contributed by atoms with Gasteiger partial charge in [-0.15, -0.1) is 0 Å². The zero-order valence-corrected chi connectivity index (χ0v) is 10.8. The first-order valence-corrected chi connectivity index (χ1v) is 3.35. The average Bonchev–Trinajstić information content (AvgIpc) is 1.78. The van der Waals surface area contributed by atoms with Crippen molar-refractivity contribution in [3.05, 3.63) is 0 Å². The Morgan fingerprint density at radius 3 is 2.08 bits per heavy atom. The summed E-state index contributed by atoms with van der Waals surface area (Å²) in [5, 5.41) is 0. The molecule has 0 rings (SSSR count). The summed E-state index contributed by atoms with van der Waals surface area (Å²) in [4.78, 5) is 1.77. The van der Waals surface area contributed by atoms with Crippen LogP contribution in [0, 0.1) is 0 Å². The van der Waals surface area contributed by atoms with Gasteiger partial charge in [0.15, 0.2) is 0 Å². The fourth-order valence-corrected chi connectivity index (χ4v) is 0.464. The minimum Gasteiger partial charge on any atom is -0.447 e. The third-order valence-electron chi connectivity index (χ3n) is 0.990. The van der Waals surface area contributed by atoms with E-state index in [0.717, 1.165) is 0 Å². The molecule has 7 heteroatoms. The van der Waals surface area contributed by atoms with Crippen molar-refractivity contribution >= 4 is 6.98 Å². The van der Waals surface area contributed by atoms with Gasteiger partial charge in [0.25, 0.3) is 0 Å². The first-order chi connectivity index (χ1) is 4.92. The molecule has 0 bridgehead atoms. The Morgan fingerprint density at radius 2 is 1.75 bits per heavy atom. The molecule has 0 saturated carbocycles. The number of hydrogen-bond acceptors (Lipinski definition) is 2. The van der Waals surface area contributed by atoms with Crippen molar-refractivity contribution in [3.63, 3.8) is 0 Å². The molecular formula is C5H12BF3KNO. The number of halogens is 3. The molecule has 68 valence electrons. The van der Waals surface area contributed by atoms with E-state index >= 15 is 0 Å². The fraction of sp³-hybridized carbons (Fsp3) is 1.00. The number of ether oxygens (including phenoxy) is 1. The summed E-state index contributed by atoms with van der Waals surface area (Å²) in [5.41, 5.74) is 0. The van der Waals surface area contributed by atoms with E-state index in [2.05, 4.69) is 4.74 Å². The first kappa shape index (κ1) is 15.9. The molecule has 0 aromatic rings. The molecular weight excluding hydrogens is 197 g/mol. The first-order valence-electron chi connectivity index (χ1n) is 3.35. The molecule has 12 heavy (non-hydrogen) atoms. The van der Waals surface area contributed by atoms with Crippen LogP contribution in [0.2, 0.25) is 0 Å². The van der Waals surface area contributed by atoms with Crippen LogP contribution in [0.3, 0.4) is 0 Å². The molecule has 0 radical (unpaired) electrons. The summed E-state index contributed by atoms with van der Waals surface area (Å²) in [6.45, 7) is -5.21. The van der Waals surface area contributed by atoms with E-state index in [0.29, 0.717) is 6.54 Å². The van der Waals surface area contributed by atoms with E-state index in [-0.39, 0.29) is 58.0 Å². The third kappa shape index (κ3) is 14.0. The molecule has 0 aromatic heterocycles. The molecule has 0 fully saturated rings. The van der Waals surface area contributed by atoms with Gasteiger partial charge in [0.05, 0.1) is 6.61 Å². The number of rotatable bonds is 5. The quantitative estimate of drug-likeness (QED) is 0.382. The van der Waals surface area contributed by atoms with Crippen LogP contribution < -0.4 is 51.4 Å². The van der Waals surface area contributed by atoms with E-state index in [1.165, 1.54) is 0 Å². The maximum Gasteiger partial charge on any atom is 1.00 e. The molecule has 0 aliphatic rings. The molecule has 0 aromatic carbocycles. The van der Waals surface area contributed by atoms with Crippen LogP contribution in [0.15, 0.2) is 0 Å². The molecule has 0 heterocycles. The van der Waals surface area contributed by atoms with Gasteiger partial charge in [0, 0.05) is 13.1 Å². The Morgan fingerprint density at radius 1 is 1.25 bits per heavy atom. The van der Waals surface area contributed by atoms with Gasteiger partial charge in [0.1, 0.15) is 0 Å². The Labute approximate surface area is 113 Å². The summed E-state index contributed by atoms with van der Waals surface area (Å²) >= 11 is 0.